The third kappa shape index (κ3) is 11.3. The Morgan fingerprint density at radius 3 is 2.73 bits per heavy atom. The number of aliphatic imine (C=N–C) groups is 1. The van der Waals surface area contributed by atoms with Gasteiger partial charge in [-0.15, -0.1) is 30.6 Å². The van der Waals surface area contributed by atoms with Crippen molar-refractivity contribution in [2.75, 3.05) is 40.4 Å². The van der Waals surface area contributed by atoms with Gasteiger partial charge >= 0.3 is 0 Å². The van der Waals surface area contributed by atoms with Crippen LogP contribution in [0.4, 0.5) is 0 Å². The van der Waals surface area contributed by atoms with Gasteiger partial charge in [0.05, 0.1) is 18.0 Å². The number of rotatable bonds is 14. The second-order valence-electron chi connectivity index (χ2n) is 6.77. The van der Waals surface area contributed by atoms with E-state index in [-0.39, 0.29) is 35.4 Å². The molecule has 0 aromatic heterocycles. The van der Waals surface area contributed by atoms with Gasteiger partial charge < -0.3 is 15.0 Å². The molecule has 0 amide bonds. The maximum atomic E-state index is 12.4. The van der Waals surface area contributed by atoms with Crippen molar-refractivity contribution in [2.24, 2.45) is 4.99 Å². The van der Waals surface area contributed by atoms with E-state index in [0.29, 0.717) is 13.2 Å². The van der Waals surface area contributed by atoms with Crippen molar-refractivity contribution in [1.82, 2.24) is 14.9 Å². The molecule has 7 nitrogen and oxygen atoms in total. The zero-order chi connectivity index (χ0) is 21.5. The van der Waals surface area contributed by atoms with E-state index in [1.807, 2.05) is 26.1 Å². The summed E-state index contributed by atoms with van der Waals surface area (Å²) in [6.07, 6.45) is 6.42. The fourth-order valence-electron chi connectivity index (χ4n) is 2.73. The van der Waals surface area contributed by atoms with E-state index in [2.05, 4.69) is 26.5 Å². The molecule has 2 N–H and O–H groups in total. The van der Waals surface area contributed by atoms with Crippen LogP contribution in [0.25, 0.3) is 0 Å². The topological polar surface area (TPSA) is 83.0 Å². The fourth-order valence-corrected chi connectivity index (χ4v) is 3.81. The van der Waals surface area contributed by atoms with Crippen LogP contribution in [0.5, 0.6) is 0 Å². The summed E-state index contributed by atoms with van der Waals surface area (Å²) in [6.45, 7) is 8.45. The Morgan fingerprint density at radius 1 is 1.30 bits per heavy atom. The first kappa shape index (κ1) is 28.8. The van der Waals surface area contributed by atoms with Gasteiger partial charge in [-0.05, 0) is 43.9 Å². The molecule has 0 spiro atoms. The molecule has 1 aromatic carbocycles. The number of guanidine groups is 1. The Kier molecular flexibility index (Phi) is 15.9. The van der Waals surface area contributed by atoms with Crippen molar-refractivity contribution in [3.63, 3.8) is 0 Å². The average Bonchev–Trinajstić information content (AvgIpc) is 2.71. The van der Waals surface area contributed by atoms with Gasteiger partial charge in [0.15, 0.2) is 5.96 Å². The minimum atomic E-state index is -3.55. The summed E-state index contributed by atoms with van der Waals surface area (Å²) >= 11 is 0. The molecule has 0 unspecified atom stereocenters. The summed E-state index contributed by atoms with van der Waals surface area (Å²) in [5.41, 5.74) is 0.842. The van der Waals surface area contributed by atoms with E-state index in [9.17, 15) is 8.42 Å². The fraction of sp³-hybridized carbons (Fsp3) is 0.571. The van der Waals surface area contributed by atoms with Crippen LogP contribution in [-0.2, 0) is 21.3 Å². The largest absolute Gasteiger partial charge is 0.383 e. The van der Waals surface area contributed by atoms with Gasteiger partial charge in [0, 0.05) is 33.8 Å². The van der Waals surface area contributed by atoms with Gasteiger partial charge in [0.2, 0.25) is 10.0 Å². The highest BCUT2D eigenvalue weighted by molar-refractivity contribution is 14.0. The van der Waals surface area contributed by atoms with Crippen molar-refractivity contribution < 1.29 is 13.2 Å². The lowest BCUT2D eigenvalue weighted by Crippen LogP contribution is -2.39. The lowest BCUT2D eigenvalue weighted by Gasteiger charge is -2.22. The number of benzene rings is 1. The summed E-state index contributed by atoms with van der Waals surface area (Å²) < 4.78 is 32.2. The highest BCUT2D eigenvalue weighted by Crippen LogP contribution is 2.12. The van der Waals surface area contributed by atoms with Crippen LogP contribution < -0.4 is 10.0 Å². The number of nitrogens with one attached hydrogen (secondary N) is 2. The zero-order valence-electron chi connectivity index (χ0n) is 18.4. The van der Waals surface area contributed by atoms with E-state index in [0.717, 1.165) is 50.3 Å². The van der Waals surface area contributed by atoms with Gasteiger partial charge in [-0.3, -0.25) is 0 Å². The molecule has 0 heterocycles. The van der Waals surface area contributed by atoms with Crippen LogP contribution in [0.15, 0.2) is 46.8 Å². The second-order valence-corrected chi connectivity index (χ2v) is 8.53. The van der Waals surface area contributed by atoms with Crippen molar-refractivity contribution in [3.05, 3.63) is 42.5 Å². The van der Waals surface area contributed by atoms with E-state index >= 15 is 0 Å². The van der Waals surface area contributed by atoms with Gasteiger partial charge in [0.25, 0.3) is 0 Å². The predicted octanol–water partition coefficient (Wildman–Crippen LogP) is 3.37. The van der Waals surface area contributed by atoms with Gasteiger partial charge in [-0.1, -0.05) is 24.6 Å². The molecule has 0 fully saturated rings. The van der Waals surface area contributed by atoms with E-state index < -0.39 is 10.0 Å². The molecule has 1 rings (SSSR count). The SMILES string of the molecule is C=CCCCCCN(C)C(=NCc1cccc(S(=O)(=O)NCCOC)c1)NCC.I. The molecule has 0 saturated carbocycles. The summed E-state index contributed by atoms with van der Waals surface area (Å²) in [6, 6.07) is 6.88. The number of allylic oxidation sites excluding steroid dienone is 1. The second kappa shape index (κ2) is 16.5. The Labute approximate surface area is 199 Å². The lowest BCUT2D eigenvalue weighted by atomic mass is 10.2. The van der Waals surface area contributed by atoms with Crippen LogP contribution in [0.2, 0.25) is 0 Å². The van der Waals surface area contributed by atoms with Crippen molar-refractivity contribution in [1.29, 1.82) is 0 Å². The number of hydrogen-bond acceptors (Lipinski definition) is 4. The molecule has 0 atom stereocenters. The third-order valence-electron chi connectivity index (χ3n) is 4.32. The summed E-state index contributed by atoms with van der Waals surface area (Å²) in [4.78, 5) is 7.03. The molecule has 172 valence electrons. The van der Waals surface area contributed by atoms with Crippen molar-refractivity contribution in [3.8, 4) is 0 Å². The Hall–Kier alpha value is -1.17. The first-order valence-corrected chi connectivity index (χ1v) is 11.6. The number of halogens is 1. The van der Waals surface area contributed by atoms with Crippen LogP contribution in [0.1, 0.15) is 38.2 Å². The van der Waals surface area contributed by atoms with Crippen molar-refractivity contribution >= 4 is 40.0 Å². The number of unbranched alkanes of at least 4 members (excludes halogenated alkanes) is 3. The highest BCUT2D eigenvalue weighted by Gasteiger charge is 2.13. The smallest absolute Gasteiger partial charge is 0.240 e. The molecule has 0 aliphatic rings. The molecule has 9 heteroatoms. The first-order valence-electron chi connectivity index (χ1n) is 10.1. The minimum absolute atomic E-state index is 0. The molecule has 0 radical (unpaired) electrons. The summed E-state index contributed by atoms with van der Waals surface area (Å²) in [7, 11) is 0.00687. The monoisotopic (exact) mass is 552 g/mol. The molecular weight excluding hydrogens is 515 g/mol. The lowest BCUT2D eigenvalue weighted by molar-refractivity contribution is 0.204. The molecule has 0 bridgehead atoms. The quantitative estimate of drug-likeness (QED) is 0.122. The van der Waals surface area contributed by atoms with Crippen LogP contribution in [0, 0.1) is 0 Å². The Morgan fingerprint density at radius 2 is 2.07 bits per heavy atom. The van der Waals surface area contributed by atoms with Crippen molar-refractivity contribution in [2.45, 2.75) is 44.0 Å². The van der Waals surface area contributed by atoms with E-state index in [1.165, 1.54) is 7.11 Å². The van der Waals surface area contributed by atoms with Crippen LogP contribution >= 0.6 is 24.0 Å². The summed E-state index contributed by atoms with van der Waals surface area (Å²) in [5, 5.41) is 3.30. The van der Waals surface area contributed by atoms with Gasteiger partial charge in [-0.2, -0.15) is 0 Å². The number of hydrogen-bond donors (Lipinski definition) is 2. The first-order chi connectivity index (χ1) is 13.9. The number of sulfonamides is 1. The van der Waals surface area contributed by atoms with E-state index in [4.69, 9.17) is 4.74 Å². The maximum Gasteiger partial charge on any atom is 0.240 e. The highest BCUT2D eigenvalue weighted by atomic mass is 127. The summed E-state index contributed by atoms with van der Waals surface area (Å²) in [5.74, 6) is 0.822. The maximum absolute atomic E-state index is 12.4. The number of methoxy groups -OCH3 is 1. The minimum Gasteiger partial charge on any atom is -0.383 e. The van der Waals surface area contributed by atoms with Gasteiger partial charge in [-0.25, -0.2) is 18.1 Å². The normalized spacial score (nSPS) is 11.6. The molecule has 0 aliphatic heterocycles. The molecule has 1 aromatic rings. The Balaban J connectivity index is 0.00000841. The Bertz CT molecular complexity index is 742. The predicted molar refractivity (Wildman–Crippen MR) is 135 cm³/mol. The number of ether oxygens (including phenoxy) is 1. The van der Waals surface area contributed by atoms with Gasteiger partial charge in [0.1, 0.15) is 0 Å². The van der Waals surface area contributed by atoms with Crippen LogP contribution in [-0.4, -0.2) is 59.7 Å². The average molecular weight is 553 g/mol. The van der Waals surface area contributed by atoms with E-state index in [1.54, 1.807) is 18.2 Å². The molecule has 0 aliphatic carbocycles. The van der Waals surface area contributed by atoms with Crippen LogP contribution in [0.3, 0.4) is 0 Å². The third-order valence-corrected chi connectivity index (χ3v) is 5.78. The molecule has 30 heavy (non-hydrogen) atoms. The zero-order valence-corrected chi connectivity index (χ0v) is 21.5. The molecule has 0 saturated heterocycles. The molecular formula is C21H37IN4O3S. The standard InChI is InChI=1S/C21H36N4O3S.HI/c1-5-7-8-9-10-15-25(3)21(22-6-2)23-18-19-12-11-13-20(17-19)29(26,27)24-14-16-28-4;/h5,11-13,17,24H,1,6-10,14-16,18H2,2-4H3,(H,22,23);1H. The number of nitrogens with zero attached hydrogens (tertiary/aromatic N) is 2.